The van der Waals surface area contributed by atoms with E-state index >= 15 is 0 Å². The molecule has 260 valence electrons. The Morgan fingerprint density at radius 1 is 0.418 bits per heavy atom. The van der Waals surface area contributed by atoms with Gasteiger partial charge in [0.1, 0.15) is 0 Å². The molecule has 0 radical (unpaired) electrons. The molecule has 1 aliphatic carbocycles. The van der Waals surface area contributed by atoms with Crippen LogP contribution in [0.15, 0.2) is 194 Å². The van der Waals surface area contributed by atoms with E-state index < -0.39 is 0 Å². The van der Waals surface area contributed by atoms with Crippen molar-refractivity contribution in [3.8, 4) is 27.9 Å². The van der Waals surface area contributed by atoms with E-state index in [-0.39, 0.29) is 5.41 Å². The minimum absolute atomic E-state index is 0.170. The molecule has 0 N–H and O–H groups in total. The van der Waals surface area contributed by atoms with E-state index in [1.807, 2.05) is 0 Å². The first kappa shape index (κ1) is 31.6. The van der Waals surface area contributed by atoms with Crippen LogP contribution >= 0.6 is 0 Å². The third-order valence-corrected chi connectivity index (χ3v) is 11.9. The second kappa shape index (κ2) is 12.1. The number of hydrogen-bond acceptors (Lipinski definition) is 1. The molecule has 1 aromatic heterocycles. The molecular weight excluding hydrogens is 665 g/mol. The molecule has 0 bridgehead atoms. The van der Waals surface area contributed by atoms with E-state index in [0.29, 0.717) is 0 Å². The number of anilines is 3. The highest BCUT2D eigenvalue weighted by molar-refractivity contribution is 6.22. The molecule has 0 saturated heterocycles. The molecule has 10 aromatic rings. The minimum Gasteiger partial charge on any atom is -0.310 e. The SMILES string of the molecule is CC1(C)c2cc(N(c3ccc(-c4ccccc4)cc3)c3ccc4c(c3)c3c5ccccc5ccc3n4-c3ccccc3)ccc2-c2ccc3ccccc3c21. The summed E-state index contributed by atoms with van der Waals surface area (Å²) in [5.41, 5.74) is 14.6. The average molecular weight is 703 g/mol. The molecular formula is C53H38N2. The van der Waals surface area contributed by atoms with Crippen molar-refractivity contribution in [3.05, 3.63) is 205 Å². The Balaban J connectivity index is 1.15. The van der Waals surface area contributed by atoms with Gasteiger partial charge in [-0.15, -0.1) is 0 Å². The Bertz CT molecular complexity index is 3100. The lowest BCUT2D eigenvalue weighted by atomic mass is 9.80. The lowest BCUT2D eigenvalue weighted by Gasteiger charge is -2.28. The second-order valence-electron chi connectivity index (χ2n) is 15.4. The molecule has 2 nitrogen and oxygen atoms in total. The average Bonchev–Trinajstić information content (AvgIpc) is 3.70. The van der Waals surface area contributed by atoms with Crippen molar-refractivity contribution in [2.24, 2.45) is 0 Å². The van der Waals surface area contributed by atoms with Gasteiger partial charge in [0.2, 0.25) is 0 Å². The maximum absolute atomic E-state index is 2.45. The van der Waals surface area contributed by atoms with E-state index in [4.69, 9.17) is 0 Å². The van der Waals surface area contributed by atoms with Gasteiger partial charge in [-0.2, -0.15) is 0 Å². The van der Waals surface area contributed by atoms with Crippen molar-refractivity contribution >= 4 is 60.4 Å². The van der Waals surface area contributed by atoms with Gasteiger partial charge in [0.25, 0.3) is 0 Å². The van der Waals surface area contributed by atoms with Crippen molar-refractivity contribution in [3.63, 3.8) is 0 Å². The van der Waals surface area contributed by atoms with Gasteiger partial charge >= 0.3 is 0 Å². The van der Waals surface area contributed by atoms with Gasteiger partial charge in [-0.05, 0) is 116 Å². The highest BCUT2D eigenvalue weighted by atomic mass is 15.1. The van der Waals surface area contributed by atoms with Crippen molar-refractivity contribution < 1.29 is 0 Å². The van der Waals surface area contributed by atoms with Crippen molar-refractivity contribution in [1.82, 2.24) is 4.57 Å². The van der Waals surface area contributed by atoms with Crippen LogP contribution < -0.4 is 4.90 Å². The smallest absolute Gasteiger partial charge is 0.0547 e. The van der Waals surface area contributed by atoms with Crippen LogP contribution in [0.1, 0.15) is 25.0 Å². The van der Waals surface area contributed by atoms with Gasteiger partial charge < -0.3 is 9.47 Å². The van der Waals surface area contributed by atoms with Crippen molar-refractivity contribution in [2.45, 2.75) is 19.3 Å². The van der Waals surface area contributed by atoms with Crippen LogP contribution in [-0.4, -0.2) is 4.57 Å². The predicted octanol–water partition coefficient (Wildman–Crippen LogP) is 14.5. The quantitative estimate of drug-likeness (QED) is 0.173. The summed E-state index contributed by atoms with van der Waals surface area (Å²) in [7, 11) is 0. The Labute approximate surface area is 321 Å². The maximum Gasteiger partial charge on any atom is 0.0547 e. The fourth-order valence-electron chi connectivity index (χ4n) is 9.38. The highest BCUT2D eigenvalue weighted by Gasteiger charge is 2.37. The normalized spacial score (nSPS) is 13.1. The van der Waals surface area contributed by atoms with Crippen LogP contribution in [0.3, 0.4) is 0 Å². The van der Waals surface area contributed by atoms with Gasteiger partial charge in [0, 0.05) is 38.9 Å². The standard InChI is InChI=1S/C53H38N2/c1-53(2)48-34-42(27-30-45(48)46-29-23-38-16-10-12-20-44(38)52(46)53)54(40-25-21-36(22-26-40)35-13-5-3-6-14-35)41-28-32-49-47(33-41)51-43-19-11-9-15-37(43)24-31-50(51)55(49)39-17-7-4-8-18-39/h3-34H,1-2H3. The molecule has 11 rings (SSSR count). The van der Waals surface area contributed by atoms with Crippen LogP contribution in [0, 0.1) is 0 Å². The van der Waals surface area contributed by atoms with Gasteiger partial charge in [-0.25, -0.2) is 0 Å². The summed E-state index contributed by atoms with van der Waals surface area (Å²) in [6, 6.07) is 71.3. The minimum atomic E-state index is -0.170. The lowest BCUT2D eigenvalue weighted by Crippen LogP contribution is -2.17. The van der Waals surface area contributed by atoms with Gasteiger partial charge in [0.15, 0.2) is 0 Å². The first-order chi connectivity index (χ1) is 27.0. The molecule has 0 amide bonds. The first-order valence-corrected chi connectivity index (χ1v) is 19.2. The van der Waals surface area contributed by atoms with Gasteiger partial charge in [0.05, 0.1) is 11.0 Å². The Hall–Kier alpha value is -6.90. The van der Waals surface area contributed by atoms with E-state index in [9.17, 15) is 0 Å². The van der Waals surface area contributed by atoms with Gasteiger partial charge in [-0.1, -0.05) is 147 Å². The fourth-order valence-corrected chi connectivity index (χ4v) is 9.38. The van der Waals surface area contributed by atoms with E-state index in [2.05, 4.69) is 217 Å². The molecule has 1 heterocycles. The number of aromatic nitrogens is 1. The summed E-state index contributed by atoms with van der Waals surface area (Å²) in [5, 5.41) is 7.64. The van der Waals surface area contributed by atoms with Crippen LogP contribution in [0.25, 0.3) is 71.3 Å². The summed E-state index contributed by atoms with van der Waals surface area (Å²) in [6.45, 7) is 4.78. The van der Waals surface area contributed by atoms with Crippen molar-refractivity contribution in [2.75, 3.05) is 4.90 Å². The van der Waals surface area contributed by atoms with E-state index in [1.165, 1.54) is 76.7 Å². The lowest BCUT2D eigenvalue weighted by molar-refractivity contribution is 0.666. The highest BCUT2D eigenvalue weighted by Crippen LogP contribution is 2.53. The molecule has 0 spiro atoms. The topological polar surface area (TPSA) is 8.17 Å². The third kappa shape index (κ3) is 4.81. The van der Waals surface area contributed by atoms with Crippen LogP contribution in [-0.2, 0) is 5.41 Å². The predicted molar refractivity (Wildman–Crippen MR) is 233 cm³/mol. The Kier molecular flexibility index (Phi) is 6.93. The fraction of sp³-hybridized carbons (Fsp3) is 0.0566. The number of nitrogens with zero attached hydrogens (tertiary/aromatic N) is 2. The molecule has 0 atom stereocenters. The van der Waals surface area contributed by atoms with E-state index in [1.54, 1.807) is 0 Å². The Morgan fingerprint density at radius 3 is 1.76 bits per heavy atom. The zero-order chi connectivity index (χ0) is 36.7. The number of para-hydroxylation sites is 1. The zero-order valence-electron chi connectivity index (χ0n) is 30.9. The largest absolute Gasteiger partial charge is 0.310 e. The summed E-state index contributed by atoms with van der Waals surface area (Å²) >= 11 is 0. The molecule has 2 heteroatoms. The van der Waals surface area contributed by atoms with Gasteiger partial charge in [-0.3, -0.25) is 0 Å². The number of fused-ring (bicyclic) bond motifs is 10. The molecule has 0 saturated carbocycles. The second-order valence-corrected chi connectivity index (χ2v) is 15.4. The Morgan fingerprint density at radius 2 is 0.982 bits per heavy atom. The molecule has 0 unspecified atom stereocenters. The van der Waals surface area contributed by atoms with E-state index in [0.717, 1.165) is 22.7 Å². The number of hydrogen-bond donors (Lipinski definition) is 0. The summed E-state index contributed by atoms with van der Waals surface area (Å²) < 4.78 is 2.42. The molecule has 55 heavy (non-hydrogen) atoms. The monoisotopic (exact) mass is 702 g/mol. The number of benzene rings is 9. The molecule has 1 aliphatic rings. The summed E-state index contributed by atoms with van der Waals surface area (Å²) in [5.74, 6) is 0. The first-order valence-electron chi connectivity index (χ1n) is 19.2. The summed E-state index contributed by atoms with van der Waals surface area (Å²) in [6.07, 6.45) is 0. The molecule has 9 aromatic carbocycles. The summed E-state index contributed by atoms with van der Waals surface area (Å²) in [4.78, 5) is 2.45. The molecule has 0 aliphatic heterocycles. The van der Waals surface area contributed by atoms with Crippen LogP contribution in [0.5, 0.6) is 0 Å². The maximum atomic E-state index is 2.45. The van der Waals surface area contributed by atoms with Crippen molar-refractivity contribution in [1.29, 1.82) is 0 Å². The third-order valence-electron chi connectivity index (χ3n) is 11.9. The van der Waals surface area contributed by atoms with Crippen LogP contribution in [0.2, 0.25) is 0 Å². The zero-order valence-corrected chi connectivity index (χ0v) is 30.9. The molecule has 0 fully saturated rings. The number of rotatable bonds is 5. The van der Waals surface area contributed by atoms with Crippen LogP contribution in [0.4, 0.5) is 17.1 Å².